The van der Waals surface area contributed by atoms with Crippen molar-refractivity contribution in [2.45, 2.75) is 78.3 Å². The van der Waals surface area contributed by atoms with E-state index in [2.05, 4.69) is 25.7 Å². The summed E-state index contributed by atoms with van der Waals surface area (Å²) in [6.45, 7) is 10.2. The van der Waals surface area contributed by atoms with E-state index in [1.54, 1.807) is 0 Å². The van der Waals surface area contributed by atoms with Crippen LogP contribution in [-0.2, 0) is 9.53 Å². The summed E-state index contributed by atoms with van der Waals surface area (Å²) in [5, 5.41) is 0. The molecule has 1 saturated carbocycles. The van der Waals surface area contributed by atoms with Crippen LogP contribution in [0.15, 0.2) is 0 Å². The zero-order valence-corrected chi connectivity index (χ0v) is 13.2. The topological polar surface area (TPSA) is 29.5 Å². The van der Waals surface area contributed by atoms with Gasteiger partial charge in [0.05, 0.1) is 13.0 Å². The van der Waals surface area contributed by atoms with Crippen molar-refractivity contribution in [3.8, 4) is 0 Å². The van der Waals surface area contributed by atoms with Crippen LogP contribution >= 0.6 is 0 Å². The van der Waals surface area contributed by atoms with E-state index in [0.717, 1.165) is 12.5 Å². The molecule has 1 aliphatic rings. The first kappa shape index (κ1) is 16.5. The third-order valence-electron chi connectivity index (χ3n) is 4.09. The molecule has 0 aromatic heterocycles. The predicted octanol–water partition coefficient (Wildman–Crippen LogP) is 3.62. The molecule has 0 radical (unpaired) electrons. The van der Waals surface area contributed by atoms with Crippen molar-refractivity contribution in [2.75, 3.05) is 13.2 Å². The van der Waals surface area contributed by atoms with Crippen molar-refractivity contribution < 1.29 is 9.53 Å². The van der Waals surface area contributed by atoms with E-state index in [4.69, 9.17) is 4.74 Å². The summed E-state index contributed by atoms with van der Waals surface area (Å²) < 4.78 is 5.09. The van der Waals surface area contributed by atoms with Gasteiger partial charge in [-0.2, -0.15) is 0 Å². The molecule has 0 spiro atoms. The Morgan fingerprint density at radius 3 is 2.42 bits per heavy atom. The minimum Gasteiger partial charge on any atom is -0.466 e. The first-order chi connectivity index (χ1) is 9.04. The number of hydrogen-bond donors (Lipinski definition) is 0. The molecule has 19 heavy (non-hydrogen) atoms. The lowest BCUT2D eigenvalue weighted by Crippen LogP contribution is -2.42. The Hall–Kier alpha value is -0.570. The Balaban J connectivity index is 2.52. The molecule has 1 unspecified atom stereocenters. The van der Waals surface area contributed by atoms with Crippen molar-refractivity contribution in [2.24, 2.45) is 5.92 Å². The fraction of sp³-hybridized carbons (Fsp3) is 0.938. The van der Waals surface area contributed by atoms with Crippen LogP contribution in [0.4, 0.5) is 0 Å². The summed E-state index contributed by atoms with van der Waals surface area (Å²) in [5.41, 5.74) is 0. The van der Waals surface area contributed by atoms with Crippen LogP contribution in [0.3, 0.4) is 0 Å². The summed E-state index contributed by atoms with van der Waals surface area (Å²) >= 11 is 0. The van der Waals surface area contributed by atoms with E-state index in [1.807, 2.05) is 6.92 Å². The van der Waals surface area contributed by atoms with Crippen LogP contribution in [0, 0.1) is 5.92 Å². The van der Waals surface area contributed by atoms with Crippen LogP contribution < -0.4 is 0 Å². The van der Waals surface area contributed by atoms with Crippen molar-refractivity contribution in [3.05, 3.63) is 0 Å². The molecule has 0 aromatic rings. The van der Waals surface area contributed by atoms with Crippen LogP contribution in [0.2, 0.25) is 0 Å². The van der Waals surface area contributed by atoms with Crippen molar-refractivity contribution >= 4 is 5.97 Å². The van der Waals surface area contributed by atoms with Crippen LogP contribution in [0.25, 0.3) is 0 Å². The third kappa shape index (κ3) is 5.94. The number of esters is 1. The maximum atomic E-state index is 11.7. The lowest BCUT2D eigenvalue weighted by molar-refractivity contribution is -0.144. The molecule has 1 fully saturated rings. The van der Waals surface area contributed by atoms with E-state index in [1.165, 1.54) is 32.1 Å². The van der Waals surface area contributed by atoms with Crippen LogP contribution in [0.5, 0.6) is 0 Å². The highest BCUT2D eigenvalue weighted by Gasteiger charge is 2.27. The highest BCUT2D eigenvalue weighted by molar-refractivity contribution is 5.70. The molecule has 0 saturated heterocycles. The molecule has 0 N–H and O–H groups in total. The second kappa shape index (κ2) is 8.57. The van der Waals surface area contributed by atoms with Gasteiger partial charge in [0.1, 0.15) is 0 Å². The number of ether oxygens (including phenoxy) is 1. The molecule has 1 atom stereocenters. The summed E-state index contributed by atoms with van der Waals surface area (Å²) in [7, 11) is 0. The molecule has 0 aromatic carbocycles. The number of nitrogens with zero attached hydrogens (tertiary/aromatic N) is 1. The Bertz CT molecular complexity index is 259. The Morgan fingerprint density at radius 2 is 1.89 bits per heavy atom. The van der Waals surface area contributed by atoms with E-state index >= 15 is 0 Å². The van der Waals surface area contributed by atoms with Gasteiger partial charge >= 0.3 is 5.97 Å². The minimum atomic E-state index is -0.0532. The molecule has 3 nitrogen and oxygen atoms in total. The third-order valence-corrected chi connectivity index (χ3v) is 4.09. The van der Waals surface area contributed by atoms with E-state index in [0.29, 0.717) is 25.1 Å². The average molecular weight is 269 g/mol. The van der Waals surface area contributed by atoms with Crippen LogP contribution in [0.1, 0.15) is 66.2 Å². The van der Waals surface area contributed by atoms with Gasteiger partial charge in [-0.25, -0.2) is 0 Å². The Kier molecular flexibility index (Phi) is 7.44. The molecule has 0 aliphatic heterocycles. The molecule has 1 aliphatic carbocycles. The average Bonchev–Trinajstić information content (AvgIpc) is 2.82. The largest absolute Gasteiger partial charge is 0.466 e. The first-order valence-corrected chi connectivity index (χ1v) is 7.96. The van der Waals surface area contributed by atoms with E-state index in [-0.39, 0.29) is 5.97 Å². The molecule has 1 rings (SSSR count). The van der Waals surface area contributed by atoms with Crippen molar-refractivity contribution in [1.82, 2.24) is 4.90 Å². The van der Waals surface area contributed by atoms with Crippen LogP contribution in [-0.4, -0.2) is 36.1 Å². The lowest BCUT2D eigenvalue weighted by atomic mass is 10.1. The zero-order chi connectivity index (χ0) is 14.3. The van der Waals surface area contributed by atoms with E-state index in [9.17, 15) is 4.79 Å². The maximum absolute atomic E-state index is 11.7. The number of carbonyl (C=O) groups is 1. The summed E-state index contributed by atoms with van der Waals surface area (Å²) in [5.74, 6) is 0.668. The maximum Gasteiger partial charge on any atom is 0.307 e. The molecule has 112 valence electrons. The fourth-order valence-corrected chi connectivity index (χ4v) is 2.98. The molecular weight excluding hydrogens is 238 g/mol. The van der Waals surface area contributed by atoms with Crippen molar-refractivity contribution in [1.29, 1.82) is 0 Å². The monoisotopic (exact) mass is 269 g/mol. The SMILES string of the molecule is CCOC(=O)CC(C)N(CCC(C)C)C1CCCC1. The highest BCUT2D eigenvalue weighted by Crippen LogP contribution is 2.26. The number of hydrogen-bond acceptors (Lipinski definition) is 3. The number of carbonyl (C=O) groups excluding carboxylic acids is 1. The summed E-state index contributed by atoms with van der Waals surface area (Å²) in [6, 6.07) is 0.990. The molecule has 0 bridgehead atoms. The van der Waals surface area contributed by atoms with Gasteiger partial charge in [-0.1, -0.05) is 26.7 Å². The van der Waals surface area contributed by atoms with Gasteiger partial charge in [0.15, 0.2) is 0 Å². The number of rotatable bonds is 8. The smallest absolute Gasteiger partial charge is 0.307 e. The Labute approximate surface area is 118 Å². The quantitative estimate of drug-likeness (QED) is 0.630. The van der Waals surface area contributed by atoms with Gasteiger partial charge < -0.3 is 4.74 Å². The first-order valence-electron chi connectivity index (χ1n) is 7.96. The minimum absolute atomic E-state index is 0.0532. The Morgan fingerprint density at radius 1 is 1.26 bits per heavy atom. The standard InChI is InChI=1S/C16H31NO2/c1-5-19-16(18)12-14(4)17(11-10-13(2)3)15-8-6-7-9-15/h13-15H,5-12H2,1-4H3. The molecule has 3 heteroatoms. The van der Waals surface area contributed by atoms with Gasteiger partial charge in [0, 0.05) is 12.1 Å². The lowest BCUT2D eigenvalue weighted by Gasteiger charge is -2.34. The van der Waals surface area contributed by atoms with Crippen molar-refractivity contribution in [3.63, 3.8) is 0 Å². The van der Waals surface area contributed by atoms with Gasteiger partial charge in [-0.15, -0.1) is 0 Å². The summed E-state index contributed by atoms with van der Waals surface area (Å²) in [4.78, 5) is 14.2. The van der Waals surface area contributed by atoms with E-state index < -0.39 is 0 Å². The van der Waals surface area contributed by atoms with Gasteiger partial charge in [0.25, 0.3) is 0 Å². The van der Waals surface area contributed by atoms with Gasteiger partial charge in [-0.05, 0) is 45.6 Å². The molecular formula is C16H31NO2. The molecule has 0 heterocycles. The second-order valence-corrected chi connectivity index (χ2v) is 6.22. The normalized spacial score (nSPS) is 18.2. The zero-order valence-electron chi connectivity index (χ0n) is 13.2. The predicted molar refractivity (Wildman–Crippen MR) is 79.1 cm³/mol. The summed E-state index contributed by atoms with van der Waals surface area (Å²) in [6.07, 6.45) is 7.02. The highest BCUT2D eigenvalue weighted by atomic mass is 16.5. The fourth-order valence-electron chi connectivity index (χ4n) is 2.98. The molecule has 0 amide bonds. The van der Waals surface area contributed by atoms with Gasteiger partial charge in [-0.3, -0.25) is 9.69 Å². The second-order valence-electron chi connectivity index (χ2n) is 6.22. The van der Waals surface area contributed by atoms with Gasteiger partial charge in [0.2, 0.25) is 0 Å².